The fourth-order valence-corrected chi connectivity index (χ4v) is 2.85. The minimum Gasteiger partial charge on any atom is -0.494 e. The van der Waals surface area contributed by atoms with E-state index in [-0.39, 0.29) is 12.5 Å². The maximum absolute atomic E-state index is 12.4. The van der Waals surface area contributed by atoms with Crippen LogP contribution in [0.15, 0.2) is 54.6 Å². The van der Waals surface area contributed by atoms with Gasteiger partial charge in [-0.05, 0) is 55.0 Å². The van der Waals surface area contributed by atoms with Crippen LogP contribution in [0.3, 0.4) is 0 Å². The summed E-state index contributed by atoms with van der Waals surface area (Å²) in [6.07, 6.45) is 2.10. The maximum atomic E-state index is 12.4. The molecule has 140 valence electrons. The third-order valence-electron chi connectivity index (χ3n) is 4.05. The Balaban J connectivity index is 1.64. The van der Waals surface area contributed by atoms with Crippen LogP contribution >= 0.6 is 12.2 Å². The molecule has 0 fully saturated rings. The average molecular weight is 382 g/mol. The van der Waals surface area contributed by atoms with E-state index in [0.717, 1.165) is 24.3 Å². The number of amides is 1. The van der Waals surface area contributed by atoms with Gasteiger partial charge in [0.25, 0.3) is 5.91 Å². The van der Waals surface area contributed by atoms with Crippen molar-refractivity contribution in [1.82, 2.24) is 20.1 Å². The molecule has 0 aliphatic heterocycles. The Kier molecular flexibility index (Phi) is 6.38. The van der Waals surface area contributed by atoms with Crippen molar-refractivity contribution in [1.29, 1.82) is 0 Å². The number of nitrogens with one attached hydrogen (secondary N) is 2. The first-order chi connectivity index (χ1) is 13.2. The quantitative estimate of drug-likeness (QED) is 0.456. The van der Waals surface area contributed by atoms with Crippen LogP contribution in [-0.2, 0) is 6.54 Å². The van der Waals surface area contributed by atoms with E-state index in [1.54, 1.807) is 16.7 Å². The van der Waals surface area contributed by atoms with Gasteiger partial charge < -0.3 is 10.1 Å². The molecule has 0 aliphatic carbocycles. The Morgan fingerprint density at radius 3 is 2.63 bits per heavy atom. The lowest BCUT2D eigenvalue weighted by Gasteiger charge is -2.09. The van der Waals surface area contributed by atoms with Gasteiger partial charge in [0.15, 0.2) is 10.6 Å². The molecule has 7 heteroatoms. The van der Waals surface area contributed by atoms with Gasteiger partial charge >= 0.3 is 0 Å². The molecule has 2 N–H and O–H groups in total. The third kappa shape index (κ3) is 4.83. The number of aromatic amines is 1. The fourth-order valence-electron chi connectivity index (χ4n) is 2.59. The van der Waals surface area contributed by atoms with E-state index in [2.05, 4.69) is 22.4 Å². The number of carbonyl (C=O) groups excluding carboxylic acids is 1. The molecular formula is C20H22N4O2S. The molecule has 0 radical (unpaired) electrons. The number of rotatable bonds is 8. The Hall–Kier alpha value is -2.93. The van der Waals surface area contributed by atoms with Crippen LogP contribution in [0.5, 0.6) is 5.75 Å². The summed E-state index contributed by atoms with van der Waals surface area (Å²) < 4.78 is 7.91. The number of ether oxygens (including phenoxy) is 1. The van der Waals surface area contributed by atoms with Crippen molar-refractivity contribution in [3.63, 3.8) is 0 Å². The molecule has 1 aromatic heterocycles. The highest BCUT2D eigenvalue weighted by molar-refractivity contribution is 7.71. The Morgan fingerprint density at radius 1 is 1.19 bits per heavy atom. The first-order valence-electron chi connectivity index (χ1n) is 8.92. The van der Waals surface area contributed by atoms with Crippen LogP contribution in [0.1, 0.15) is 35.9 Å². The van der Waals surface area contributed by atoms with E-state index in [1.807, 2.05) is 42.5 Å². The highest BCUT2D eigenvalue weighted by atomic mass is 32.1. The van der Waals surface area contributed by atoms with Gasteiger partial charge in [0.05, 0.1) is 13.2 Å². The van der Waals surface area contributed by atoms with E-state index in [1.165, 1.54) is 0 Å². The Labute approximate surface area is 163 Å². The number of aromatic nitrogens is 3. The van der Waals surface area contributed by atoms with E-state index in [4.69, 9.17) is 17.0 Å². The second-order valence-electron chi connectivity index (χ2n) is 6.03. The smallest absolute Gasteiger partial charge is 0.251 e. The molecule has 6 nitrogen and oxygen atoms in total. The lowest BCUT2D eigenvalue weighted by molar-refractivity contribution is 0.0949. The minimum atomic E-state index is -0.177. The number of unbranched alkanes of at least 4 members (excludes halogenated alkanes) is 1. The highest BCUT2D eigenvalue weighted by Gasteiger charge is 2.11. The van der Waals surface area contributed by atoms with Gasteiger partial charge in [-0.3, -0.25) is 14.5 Å². The molecule has 0 unspecified atom stereocenters. The van der Waals surface area contributed by atoms with E-state index < -0.39 is 0 Å². The number of benzene rings is 2. The van der Waals surface area contributed by atoms with Crippen LogP contribution in [-0.4, -0.2) is 27.3 Å². The summed E-state index contributed by atoms with van der Waals surface area (Å²) in [5.41, 5.74) is 1.47. The van der Waals surface area contributed by atoms with Crippen LogP contribution in [0.2, 0.25) is 0 Å². The number of hydrogen-bond acceptors (Lipinski definition) is 4. The van der Waals surface area contributed by atoms with Gasteiger partial charge in [0.2, 0.25) is 0 Å². The van der Waals surface area contributed by atoms with Crippen LogP contribution in [0, 0.1) is 4.77 Å². The summed E-state index contributed by atoms with van der Waals surface area (Å²) in [7, 11) is 0. The highest BCUT2D eigenvalue weighted by Crippen LogP contribution is 2.14. The van der Waals surface area contributed by atoms with Crippen molar-refractivity contribution < 1.29 is 9.53 Å². The number of carbonyl (C=O) groups is 1. The average Bonchev–Trinajstić information content (AvgIpc) is 3.08. The number of nitrogens with zero attached hydrogens (tertiary/aromatic N) is 2. The molecule has 27 heavy (non-hydrogen) atoms. The zero-order valence-electron chi connectivity index (χ0n) is 15.1. The van der Waals surface area contributed by atoms with E-state index >= 15 is 0 Å². The predicted molar refractivity (Wildman–Crippen MR) is 107 cm³/mol. The van der Waals surface area contributed by atoms with Gasteiger partial charge in [-0.15, -0.1) is 0 Å². The summed E-state index contributed by atoms with van der Waals surface area (Å²) in [5, 5.41) is 9.88. The largest absolute Gasteiger partial charge is 0.494 e. The summed E-state index contributed by atoms with van der Waals surface area (Å²) in [4.78, 5) is 12.4. The second-order valence-corrected chi connectivity index (χ2v) is 6.41. The van der Waals surface area contributed by atoms with E-state index in [9.17, 15) is 4.79 Å². The first kappa shape index (κ1) is 18.8. The van der Waals surface area contributed by atoms with Crippen LogP contribution < -0.4 is 10.1 Å². The molecule has 3 rings (SSSR count). The van der Waals surface area contributed by atoms with Crippen molar-refractivity contribution in [2.75, 3.05) is 6.61 Å². The van der Waals surface area contributed by atoms with Crippen molar-refractivity contribution in [2.45, 2.75) is 26.3 Å². The lowest BCUT2D eigenvalue weighted by atomic mass is 10.2. The molecule has 0 atom stereocenters. The number of H-pyrrole nitrogens is 1. The molecule has 1 amide bonds. The normalized spacial score (nSPS) is 10.6. The summed E-state index contributed by atoms with van der Waals surface area (Å²) >= 11 is 5.30. The van der Waals surface area contributed by atoms with Gasteiger partial charge in [-0.25, -0.2) is 0 Å². The molecule has 0 saturated heterocycles. The molecule has 0 saturated carbocycles. The second kappa shape index (κ2) is 9.14. The first-order valence-corrected chi connectivity index (χ1v) is 9.32. The van der Waals surface area contributed by atoms with Gasteiger partial charge in [-0.2, -0.15) is 5.10 Å². The summed E-state index contributed by atoms with van der Waals surface area (Å²) in [6, 6.07) is 16.8. The lowest BCUT2D eigenvalue weighted by Crippen LogP contribution is -2.24. The molecule has 0 bridgehead atoms. The molecule has 0 aliphatic rings. The van der Waals surface area contributed by atoms with Gasteiger partial charge in [0, 0.05) is 11.3 Å². The van der Waals surface area contributed by atoms with Crippen molar-refractivity contribution >= 4 is 18.1 Å². The maximum Gasteiger partial charge on any atom is 0.251 e. The predicted octanol–water partition coefficient (Wildman–Crippen LogP) is 4.04. The molecule has 3 aromatic rings. The van der Waals surface area contributed by atoms with Crippen molar-refractivity contribution in [3.05, 3.63) is 70.8 Å². The Bertz CT molecular complexity index is 933. The van der Waals surface area contributed by atoms with Crippen molar-refractivity contribution in [2.24, 2.45) is 0 Å². The zero-order chi connectivity index (χ0) is 19.1. The van der Waals surface area contributed by atoms with Gasteiger partial charge in [0.1, 0.15) is 5.75 Å². The summed E-state index contributed by atoms with van der Waals surface area (Å²) in [5.74, 6) is 1.23. The molecule has 0 spiro atoms. The standard InChI is InChI=1S/C20H22N4O2S/c1-2-3-13-26-17-11-9-15(10-12-17)19(25)21-14-18-22-23-20(27)24(18)16-7-5-4-6-8-16/h4-12H,2-3,13-14H2,1H3,(H,21,25)(H,23,27). The third-order valence-corrected chi connectivity index (χ3v) is 4.32. The monoisotopic (exact) mass is 382 g/mol. The van der Waals surface area contributed by atoms with Gasteiger partial charge in [-0.1, -0.05) is 31.5 Å². The van der Waals surface area contributed by atoms with Crippen LogP contribution in [0.25, 0.3) is 5.69 Å². The number of para-hydroxylation sites is 1. The fraction of sp³-hybridized carbons (Fsp3) is 0.250. The Morgan fingerprint density at radius 2 is 1.93 bits per heavy atom. The SMILES string of the molecule is CCCCOc1ccc(C(=O)NCc2n[nH]c(=S)n2-c2ccccc2)cc1. The van der Waals surface area contributed by atoms with E-state index in [0.29, 0.717) is 22.8 Å². The number of hydrogen-bond donors (Lipinski definition) is 2. The molecular weight excluding hydrogens is 360 g/mol. The topological polar surface area (TPSA) is 71.9 Å². The summed E-state index contributed by atoms with van der Waals surface area (Å²) in [6.45, 7) is 3.06. The molecule has 2 aromatic carbocycles. The molecule has 1 heterocycles. The van der Waals surface area contributed by atoms with Crippen molar-refractivity contribution in [3.8, 4) is 11.4 Å². The zero-order valence-corrected chi connectivity index (χ0v) is 16.0. The van der Waals surface area contributed by atoms with Crippen LogP contribution in [0.4, 0.5) is 0 Å². The minimum absolute atomic E-state index is 0.177.